The van der Waals surface area contributed by atoms with E-state index in [1.165, 1.54) is 18.2 Å². The van der Waals surface area contributed by atoms with Crippen LogP contribution in [0.25, 0.3) is 0 Å². The number of aromatic carboxylic acids is 1. The molecule has 4 nitrogen and oxygen atoms in total. The molecule has 1 saturated heterocycles. The lowest BCUT2D eigenvalue weighted by Gasteiger charge is -2.29. The van der Waals surface area contributed by atoms with Crippen molar-refractivity contribution in [2.24, 2.45) is 5.92 Å². The standard InChI is InChI=1S/C14H18FNO3/c1-16(9-10-5-7-19-8-6-10)13-11(14(17)18)3-2-4-12(13)15/h2-4,10H,5-9H2,1H3,(H,17,18). The van der Waals surface area contributed by atoms with Crippen LogP contribution in [0.4, 0.5) is 10.1 Å². The Balaban J connectivity index is 2.17. The van der Waals surface area contributed by atoms with Crippen LogP contribution in [0.5, 0.6) is 0 Å². The molecule has 1 aromatic carbocycles. The lowest BCUT2D eigenvalue weighted by Crippen LogP contribution is -2.31. The zero-order chi connectivity index (χ0) is 13.8. The number of rotatable bonds is 4. The van der Waals surface area contributed by atoms with Gasteiger partial charge in [0.25, 0.3) is 0 Å². The molecule has 1 aliphatic heterocycles. The molecule has 0 radical (unpaired) electrons. The maximum absolute atomic E-state index is 13.9. The monoisotopic (exact) mass is 267 g/mol. The minimum absolute atomic E-state index is 0.00885. The number of para-hydroxylation sites is 1. The van der Waals surface area contributed by atoms with Gasteiger partial charge in [-0.05, 0) is 30.9 Å². The van der Waals surface area contributed by atoms with E-state index in [-0.39, 0.29) is 11.3 Å². The number of carbonyl (C=O) groups is 1. The Morgan fingerprint density at radius 1 is 1.47 bits per heavy atom. The molecule has 0 bridgehead atoms. The van der Waals surface area contributed by atoms with Crippen molar-refractivity contribution >= 4 is 11.7 Å². The third-order valence-corrected chi connectivity index (χ3v) is 3.47. The molecule has 104 valence electrons. The summed E-state index contributed by atoms with van der Waals surface area (Å²) < 4.78 is 19.2. The van der Waals surface area contributed by atoms with Crippen molar-refractivity contribution in [3.63, 3.8) is 0 Å². The maximum Gasteiger partial charge on any atom is 0.337 e. The molecule has 19 heavy (non-hydrogen) atoms. The second-order valence-electron chi connectivity index (χ2n) is 4.88. The molecule has 0 aromatic heterocycles. The van der Waals surface area contributed by atoms with Gasteiger partial charge in [0, 0.05) is 26.8 Å². The van der Waals surface area contributed by atoms with Crippen LogP contribution in [0, 0.1) is 11.7 Å². The largest absolute Gasteiger partial charge is 0.478 e. The van der Waals surface area contributed by atoms with Crippen LogP contribution in [0.15, 0.2) is 18.2 Å². The zero-order valence-corrected chi connectivity index (χ0v) is 10.9. The number of nitrogens with zero attached hydrogens (tertiary/aromatic N) is 1. The molecule has 0 saturated carbocycles. The van der Waals surface area contributed by atoms with Crippen molar-refractivity contribution in [1.82, 2.24) is 0 Å². The van der Waals surface area contributed by atoms with Crippen molar-refractivity contribution in [3.05, 3.63) is 29.6 Å². The van der Waals surface area contributed by atoms with E-state index in [2.05, 4.69) is 0 Å². The lowest BCUT2D eigenvalue weighted by molar-refractivity contribution is 0.0677. The van der Waals surface area contributed by atoms with E-state index in [9.17, 15) is 9.18 Å². The molecular formula is C14H18FNO3. The molecule has 5 heteroatoms. The number of ether oxygens (including phenoxy) is 1. The third-order valence-electron chi connectivity index (χ3n) is 3.47. The molecule has 0 unspecified atom stereocenters. The van der Waals surface area contributed by atoms with Gasteiger partial charge in [-0.1, -0.05) is 6.07 Å². The smallest absolute Gasteiger partial charge is 0.337 e. The number of carboxylic acid groups (broad SMARTS) is 1. The highest BCUT2D eigenvalue weighted by Crippen LogP contribution is 2.26. The highest BCUT2D eigenvalue weighted by molar-refractivity contribution is 5.94. The first kappa shape index (κ1) is 13.8. The molecule has 0 atom stereocenters. The van der Waals surface area contributed by atoms with Gasteiger partial charge >= 0.3 is 5.97 Å². The molecule has 1 aliphatic rings. The Morgan fingerprint density at radius 3 is 2.79 bits per heavy atom. The fourth-order valence-electron chi connectivity index (χ4n) is 2.48. The Morgan fingerprint density at radius 2 is 2.16 bits per heavy atom. The first-order valence-electron chi connectivity index (χ1n) is 6.40. The second kappa shape index (κ2) is 6.02. The van der Waals surface area contributed by atoms with Gasteiger partial charge in [0.15, 0.2) is 0 Å². The Kier molecular flexibility index (Phi) is 4.37. The van der Waals surface area contributed by atoms with E-state index in [0.717, 1.165) is 26.1 Å². The van der Waals surface area contributed by atoms with Crippen molar-refractivity contribution in [2.75, 3.05) is 31.7 Å². The summed E-state index contributed by atoms with van der Waals surface area (Å²) in [4.78, 5) is 12.9. The van der Waals surface area contributed by atoms with Gasteiger partial charge in [0.1, 0.15) is 5.82 Å². The average Bonchev–Trinajstić information content (AvgIpc) is 2.39. The van der Waals surface area contributed by atoms with Crippen LogP contribution < -0.4 is 4.90 Å². The number of anilines is 1. The van der Waals surface area contributed by atoms with Crippen LogP contribution >= 0.6 is 0 Å². The summed E-state index contributed by atoms with van der Waals surface area (Å²) in [6, 6.07) is 4.15. The zero-order valence-electron chi connectivity index (χ0n) is 10.9. The van der Waals surface area contributed by atoms with Gasteiger partial charge < -0.3 is 14.7 Å². The number of halogens is 1. The van der Waals surface area contributed by atoms with Crippen LogP contribution in [-0.2, 0) is 4.74 Å². The fraction of sp³-hybridized carbons (Fsp3) is 0.500. The highest BCUT2D eigenvalue weighted by Gasteiger charge is 2.21. The SMILES string of the molecule is CN(CC1CCOCC1)c1c(F)cccc1C(=O)O. The minimum Gasteiger partial charge on any atom is -0.478 e. The predicted octanol–water partition coefficient (Wildman–Crippen LogP) is 2.39. The fourth-order valence-corrected chi connectivity index (χ4v) is 2.48. The summed E-state index contributed by atoms with van der Waals surface area (Å²) in [7, 11) is 1.74. The van der Waals surface area contributed by atoms with Gasteiger partial charge in [0.2, 0.25) is 0 Å². The normalized spacial score (nSPS) is 16.3. The van der Waals surface area contributed by atoms with Crippen LogP contribution in [0.1, 0.15) is 23.2 Å². The summed E-state index contributed by atoms with van der Waals surface area (Å²) in [6.07, 6.45) is 1.86. The van der Waals surface area contributed by atoms with E-state index >= 15 is 0 Å². The topological polar surface area (TPSA) is 49.8 Å². The number of hydrogen-bond acceptors (Lipinski definition) is 3. The maximum atomic E-state index is 13.9. The summed E-state index contributed by atoms with van der Waals surface area (Å²) >= 11 is 0. The van der Waals surface area contributed by atoms with E-state index in [4.69, 9.17) is 9.84 Å². The van der Waals surface area contributed by atoms with Crippen molar-refractivity contribution in [3.8, 4) is 0 Å². The van der Waals surface area contributed by atoms with E-state index in [1.54, 1.807) is 11.9 Å². The van der Waals surface area contributed by atoms with Crippen molar-refractivity contribution in [2.45, 2.75) is 12.8 Å². The summed E-state index contributed by atoms with van der Waals surface area (Å²) in [5.74, 6) is -1.18. The molecule has 0 aliphatic carbocycles. The van der Waals surface area contributed by atoms with E-state index in [0.29, 0.717) is 12.5 Å². The van der Waals surface area contributed by atoms with Gasteiger partial charge in [-0.15, -0.1) is 0 Å². The molecule has 1 heterocycles. The molecule has 1 fully saturated rings. The van der Waals surface area contributed by atoms with Gasteiger partial charge in [-0.3, -0.25) is 0 Å². The minimum atomic E-state index is -1.10. The first-order valence-corrected chi connectivity index (χ1v) is 6.40. The first-order chi connectivity index (χ1) is 9.09. The molecule has 2 rings (SSSR count). The summed E-state index contributed by atoms with van der Waals surface area (Å²) in [6.45, 7) is 2.09. The molecule has 1 aromatic rings. The predicted molar refractivity (Wildman–Crippen MR) is 70.2 cm³/mol. The van der Waals surface area contributed by atoms with Crippen LogP contribution in [0.3, 0.4) is 0 Å². The lowest BCUT2D eigenvalue weighted by atomic mass is 9.99. The van der Waals surface area contributed by atoms with Gasteiger partial charge in [-0.2, -0.15) is 0 Å². The van der Waals surface area contributed by atoms with Crippen molar-refractivity contribution in [1.29, 1.82) is 0 Å². The average molecular weight is 267 g/mol. The summed E-state index contributed by atoms with van der Waals surface area (Å²) in [5, 5.41) is 9.13. The van der Waals surface area contributed by atoms with Gasteiger partial charge in [-0.25, -0.2) is 9.18 Å². The number of benzene rings is 1. The quantitative estimate of drug-likeness (QED) is 0.910. The number of hydrogen-bond donors (Lipinski definition) is 1. The number of carboxylic acids is 1. The highest BCUT2D eigenvalue weighted by atomic mass is 19.1. The Bertz CT molecular complexity index is 458. The molecular weight excluding hydrogens is 249 g/mol. The van der Waals surface area contributed by atoms with Crippen LogP contribution in [0.2, 0.25) is 0 Å². The molecule has 0 amide bonds. The van der Waals surface area contributed by atoms with Crippen LogP contribution in [-0.4, -0.2) is 37.9 Å². The Hall–Kier alpha value is -1.62. The van der Waals surface area contributed by atoms with E-state index in [1.807, 2.05) is 0 Å². The van der Waals surface area contributed by atoms with Crippen molar-refractivity contribution < 1.29 is 19.0 Å². The molecule has 1 N–H and O–H groups in total. The molecule has 0 spiro atoms. The third kappa shape index (κ3) is 3.23. The van der Waals surface area contributed by atoms with E-state index < -0.39 is 11.8 Å². The second-order valence-corrected chi connectivity index (χ2v) is 4.88. The Labute approximate surface area is 111 Å². The van der Waals surface area contributed by atoms with Gasteiger partial charge in [0.05, 0.1) is 11.3 Å². The summed E-state index contributed by atoms with van der Waals surface area (Å²) in [5.41, 5.74) is 0.177.